The van der Waals surface area contributed by atoms with Gasteiger partial charge in [0.2, 0.25) is 5.95 Å². The summed E-state index contributed by atoms with van der Waals surface area (Å²) in [4.78, 5) is 29.3. The molecule has 0 bridgehead atoms. The van der Waals surface area contributed by atoms with E-state index in [1.807, 2.05) is 43.3 Å². The molecule has 28 heavy (non-hydrogen) atoms. The number of pyridine rings is 2. The molecule has 0 unspecified atom stereocenters. The quantitative estimate of drug-likeness (QED) is 0.543. The van der Waals surface area contributed by atoms with E-state index in [0.29, 0.717) is 17.0 Å². The molecular formula is C21H20N6O. The first-order valence-electron chi connectivity index (χ1n) is 9.42. The summed E-state index contributed by atoms with van der Waals surface area (Å²) in [5, 5.41) is 5.80. The molecule has 0 radical (unpaired) electrons. The minimum Gasteiger partial charge on any atom is -0.338 e. The summed E-state index contributed by atoms with van der Waals surface area (Å²) >= 11 is 0. The molecule has 0 saturated carbocycles. The van der Waals surface area contributed by atoms with Crippen molar-refractivity contribution in [2.75, 3.05) is 31.1 Å². The Balaban J connectivity index is 1.90. The van der Waals surface area contributed by atoms with E-state index in [2.05, 4.69) is 15.2 Å². The predicted octanol–water partition coefficient (Wildman–Crippen LogP) is 2.05. The van der Waals surface area contributed by atoms with Crippen LogP contribution in [-0.2, 0) is 0 Å². The van der Waals surface area contributed by atoms with Gasteiger partial charge in [-0.25, -0.2) is 4.98 Å². The Bertz CT molecular complexity index is 1230. The summed E-state index contributed by atoms with van der Waals surface area (Å²) in [5.41, 5.74) is 2.17. The lowest BCUT2D eigenvalue weighted by molar-refractivity contribution is 0.580. The Hall–Kier alpha value is -3.32. The van der Waals surface area contributed by atoms with Crippen LogP contribution in [0.1, 0.15) is 5.69 Å². The third-order valence-corrected chi connectivity index (χ3v) is 5.22. The average Bonchev–Trinajstić information content (AvgIpc) is 2.75. The number of benzene rings is 1. The summed E-state index contributed by atoms with van der Waals surface area (Å²) in [5.74, 6) is 0.670. The Morgan fingerprint density at radius 3 is 2.43 bits per heavy atom. The van der Waals surface area contributed by atoms with Crippen LogP contribution in [0.4, 0.5) is 5.95 Å². The van der Waals surface area contributed by atoms with Gasteiger partial charge in [0.05, 0.1) is 11.4 Å². The number of nitrogens with zero attached hydrogens (tertiary/aromatic N) is 5. The van der Waals surface area contributed by atoms with Crippen LogP contribution in [0.5, 0.6) is 0 Å². The fourth-order valence-electron chi connectivity index (χ4n) is 3.86. The molecule has 1 aromatic carbocycles. The maximum atomic E-state index is 13.4. The smallest absolute Gasteiger partial charge is 0.264 e. The van der Waals surface area contributed by atoms with Gasteiger partial charge in [-0.3, -0.25) is 14.3 Å². The van der Waals surface area contributed by atoms with Crippen LogP contribution in [-0.4, -0.2) is 45.7 Å². The highest BCUT2D eigenvalue weighted by Gasteiger charge is 2.20. The van der Waals surface area contributed by atoms with Crippen molar-refractivity contribution in [1.29, 1.82) is 0 Å². The van der Waals surface area contributed by atoms with Gasteiger partial charge in [-0.2, -0.15) is 4.98 Å². The highest BCUT2D eigenvalue weighted by atomic mass is 16.1. The molecule has 1 N–H and O–H groups in total. The van der Waals surface area contributed by atoms with Gasteiger partial charge in [0.1, 0.15) is 0 Å². The first-order valence-corrected chi connectivity index (χ1v) is 9.42. The maximum Gasteiger partial charge on any atom is 0.264 e. The molecule has 3 aromatic heterocycles. The Kier molecular flexibility index (Phi) is 4.02. The summed E-state index contributed by atoms with van der Waals surface area (Å²) in [6.45, 7) is 5.48. The SMILES string of the molecule is Cc1nc(N2CCNCC2)nc2c1c1ccccc1c(=O)n2-c1ccncc1. The molecule has 0 spiro atoms. The number of aromatic nitrogens is 4. The normalized spacial score (nSPS) is 14.7. The van der Waals surface area contributed by atoms with Crippen LogP contribution in [0.15, 0.2) is 53.6 Å². The molecule has 1 saturated heterocycles. The second kappa shape index (κ2) is 6.69. The first-order chi connectivity index (χ1) is 13.7. The Morgan fingerprint density at radius 2 is 1.68 bits per heavy atom. The maximum absolute atomic E-state index is 13.4. The first kappa shape index (κ1) is 16.8. The van der Waals surface area contributed by atoms with E-state index in [0.717, 1.165) is 48.3 Å². The summed E-state index contributed by atoms with van der Waals surface area (Å²) in [6.07, 6.45) is 3.38. The van der Waals surface area contributed by atoms with Crippen molar-refractivity contribution in [2.24, 2.45) is 0 Å². The van der Waals surface area contributed by atoms with Gasteiger partial charge in [-0.15, -0.1) is 0 Å². The van der Waals surface area contributed by atoms with Crippen molar-refractivity contribution < 1.29 is 0 Å². The number of aryl methyl sites for hydroxylation is 1. The summed E-state index contributed by atoms with van der Waals surface area (Å²) in [7, 11) is 0. The van der Waals surface area contributed by atoms with E-state index >= 15 is 0 Å². The van der Waals surface area contributed by atoms with Gasteiger partial charge in [0.15, 0.2) is 5.65 Å². The van der Waals surface area contributed by atoms with E-state index in [-0.39, 0.29) is 5.56 Å². The zero-order valence-corrected chi connectivity index (χ0v) is 15.6. The second-order valence-corrected chi connectivity index (χ2v) is 6.94. The molecule has 5 rings (SSSR count). The molecule has 1 aliphatic rings. The van der Waals surface area contributed by atoms with Gasteiger partial charge in [0, 0.05) is 49.3 Å². The van der Waals surface area contributed by atoms with Crippen molar-refractivity contribution in [3.05, 3.63) is 64.8 Å². The number of anilines is 1. The zero-order valence-electron chi connectivity index (χ0n) is 15.6. The highest BCUT2D eigenvalue weighted by molar-refractivity contribution is 6.06. The lowest BCUT2D eigenvalue weighted by Gasteiger charge is -2.28. The minimum absolute atomic E-state index is 0.0846. The van der Waals surface area contributed by atoms with Gasteiger partial charge in [-0.1, -0.05) is 18.2 Å². The molecular weight excluding hydrogens is 352 g/mol. The lowest BCUT2D eigenvalue weighted by Crippen LogP contribution is -2.44. The number of piperazine rings is 1. The molecule has 0 atom stereocenters. The van der Waals surface area contributed by atoms with Gasteiger partial charge in [0.25, 0.3) is 5.56 Å². The van der Waals surface area contributed by atoms with E-state index in [4.69, 9.17) is 9.97 Å². The number of rotatable bonds is 2. The van der Waals surface area contributed by atoms with Crippen molar-refractivity contribution in [1.82, 2.24) is 24.8 Å². The van der Waals surface area contributed by atoms with Crippen LogP contribution in [0.25, 0.3) is 27.5 Å². The third-order valence-electron chi connectivity index (χ3n) is 5.22. The van der Waals surface area contributed by atoms with Gasteiger partial charge in [-0.05, 0) is 30.5 Å². The number of nitrogens with one attached hydrogen (secondary N) is 1. The molecule has 4 heterocycles. The van der Waals surface area contributed by atoms with Crippen LogP contribution in [0, 0.1) is 6.92 Å². The average molecular weight is 372 g/mol. The fourth-order valence-corrected chi connectivity index (χ4v) is 3.86. The third kappa shape index (κ3) is 2.63. The molecule has 140 valence electrons. The zero-order chi connectivity index (χ0) is 19.1. The molecule has 1 aliphatic heterocycles. The van der Waals surface area contributed by atoms with Crippen LogP contribution >= 0.6 is 0 Å². The summed E-state index contributed by atoms with van der Waals surface area (Å²) < 4.78 is 1.68. The molecule has 7 nitrogen and oxygen atoms in total. The Labute approximate surface area is 161 Å². The van der Waals surface area contributed by atoms with Crippen molar-refractivity contribution in [3.63, 3.8) is 0 Å². The van der Waals surface area contributed by atoms with E-state index in [9.17, 15) is 4.79 Å². The van der Waals surface area contributed by atoms with Gasteiger partial charge < -0.3 is 10.2 Å². The largest absolute Gasteiger partial charge is 0.338 e. The van der Waals surface area contributed by atoms with Crippen LogP contribution < -0.4 is 15.8 Å². The molecule has 0 aliphatic carbocycles. The summed E-state index contributed by atoms with van der Waals surface area (Å²) in [6, 6.07) is 11.3. The van der Waals surface area contributed by atoms with Crippen molar-refractivity contribution in [3.8, 4) is 5.69 Å². The van der Waals surface area contributed by atoms with Crippen LogP contribution in [0.3, 0.4) is 0 Å². The van der Waals surface area contributed by atoms with Gasteiger partial charge >= 0.3 is 0 Å². The molecule has 0 amide bonds. The minimum atomic E-state index is -0.0846. The van der Waals surface area contributed by atoms with Crippen LogP contribution in [0.2, 0.25) is 0 Å². The molecule has 4 aromatic rings. The number of hydrogen-bond donors (Lipinski definition) is 1. The van der Waals surface area contributed by atoms with E-state index in [1.165, 1.54) is 0 Å². The standard InChI is InChI=1S/C21H20N6O/c1-14-18-16-4-2-3-5-17(16)20(28)27(15-6-8-22-9-7-15)19(18)25-21(24-14)26-12-10-23-11-13-26/h2-9,23H,10-13H2,1H3. The second-order valence-electron chi connectivity index (χ2n) is 6.94. The topological polar surface area (TPSA) is 75.9 Å². The van der Waals surface area contributed by atoms with E-state index in [1.54, 1.807) is 17.0 Å². The monoisotopic (exact) mass is 372 g/mol. The predicted molar refractivity (Wildman–Crippen MR) is 110 cm³/mol. The molecule has 1 fully saturated rings. The molecule has 7 heteroatoms. The van der Waals surface area contributed by atoms with Crippen molar-refractivity contribution >= 4 is 27.8 Å². The van der Waals surface area contributed by atoms with Crippen molar-refractivity contribution in [2.45, 2.75) is 6.92 Å². The lowest BCUT2D eigenvalue weighted by atomic mass is 10.1. The number of hydrogen-bond acceptors (Lipinski definition) is 6. The Morgan fingerprint density at radius 1 is 0.964 bits per heavy atom. The van der Waals surface area contributed by atoms with E-state index < -0.39 is 0 Å². The fraction of sp³-hybridized carbons (Fsp3) is 0.238. The number of fused-ring (bicyclic) bond motifs is 3. The highest BCUT2D eigenvalue weighted by Crippen LogP contribution is 2.27.